The Labute approximate surface area is 164 Å². The Morgan fingerprint density at radius 3 is 2.61 bits per heavy atom. The van der Waals surface area contributed by atoms with Crippen molar-refractivity contribution < 1.29 is 22.4 Å². The molecule has 0 aliphatic rings. The van der Waals surface area contributed by atoms with E-state index in [9.17, 15) is 13.2 Å². The van der Waals surface area contributed by atoms with Crippen molar-refractivity contribution in [1.82, 2.24) is 4.72 Å². The third kappa shape index (κ3) is 4.88. The van der Waals surface area contributed by atoms with Crippen LogP contribution in [0.15, 0.2) is 70.2 Å². The Kier molecular flexibility index (Phi) is 5.96. The van der Waals surface area contributed by atoms with Crippen LogP contribution in [0.25, 0.3) is 0 Å². The lowest BCUT2D eigenvalue weighted by molar-refractivity contribution is 0.0471. The summed E-state index contributed by atoms with van der Waals surface area (Å²) < 4.78 is 38.0. The van der Waals surface area contributed by atoms with Crippen LogP contribution in [0, 0.1) is 13.8 Å². The van der Waals surface area contributed by atoms with Crippen LogP contribution in [-0.4, -0.2) is 14.4 Å². The van der Waals surface area contributed by atoms with Crippen LogP contribution in [0.2, 0.25) is 0 Å². The predicted molar refractivity (Wildman–Crippen MR) is 104 cm³/mol. The fraction of sp³-hybridized carbons (Fsp3) is 0.190. The molecule has 0 fully saturated rings. The molecule has 0 saturated heterocycles. The van der Waals surface area contributed by atoms with Gasteiger partial charge in [-0.25, -0.2) is 17.9 Å². The number of aryl methyl sites for hydroxylation is 2. The van der Waals surface area contributed by atoms with Crippen LogP contribution in [-0.2, 0) is 27.9 Å². The summed E-state index contributed by atoms with van der Waals surface area (Å²) in [7, 11) is -3.80. The first-order valence-corrected chi connectivity index (χ1v) is 10.2. The van der Waals surface area contributed by atoms with Gasteiger partial charge in [0.05, 0.1) is 23.3 Å². The maximum absolute atomic E-state index is 12.5. The van der Waals surface area contributed by atoms with Crippen molar-refractivity contribution in [2.75, 3.05) is 0 Å². The molecule has 0 aliphatic heterocycles. The molecule has 1 heterocycles. The van der Waals surface area contributed by atoms with E-state index in [4.69, 9.17) is 9.15 Å². The molecule has 1 N–H and O–H groups in total. The summed E-state index contributed by atoms with van der Waals surface area (Å²) in [6.45, 7) is 3.83. The summed E-state index contributed by atoms with van der Waals surface area (Å²) in [6, 6.07) is 15.4. The zero-order valence-electron chi connectivity index (χ0n) is 15.6. The number of furan rings is 1. The maximum atomic E-state index is 12.5. The molecule has 1 aromatic heterocycles. The molecule has 3 aromatic rings. The summed E-state index contributed by atoms with van der Waals surface area (Å²) in [5.74, 6) is -0.0736. The van der Waals surface area contributed by atoms with Gasteiger partial charge in [0.15, 0.2) is 0 Å². The van der Waals surface area contributed by atoms with Gasteiger partial charge in [-0.05, 0) is 49.2 Å². The van der Waals surface area contributed by atoms with E-state index in [1.807, 2.05) is 31.2 Å². The number of sulfonamides is 1. The second kappa shape index (κ2) is 8.41. The Bertz CT molecular complexity index is 1070. The van der Waals surface area contributed by atoms with Crippen LogP contribution in [0.3, 0.4) is 0 Å². The lowest BCUT2D eigenvalue weighted by atomic mass is 10.1. The molecule has 7 heteroatoms. The van der Waals surface area contributed by atoms with Gasteiger partial charge in [0.2, 0.25) is 10.0 Å². The van der Waals surface area contributed by atoms with Gasteiger partial charge in [-0.15, -0.1) is 0 Å². The van der Waals surface area contributed by atoms with Crippen LogP contribution in [0.1, 0.15) is 32.8 Å². The summed E-state index contributed by atoms with van der Waals surface area (Å²) >= 11 is 0. The lowest BCUT2D eigenvalue weighted by Gasteiger charge is -2.11. The minimum Gasteiger partial charge on any atom is -0.468 e. The zero-order valence-corrected chi connectivity index (χ0v) is 16.5. The molecule has 0 spiro atoms. The van der Waals surface area contributed by atoms with Crippen molar-refractivity contribution >= 4 is 16.0 Å². The van der Waals surface area contributed by atoms with Gasteiger partial charge in [-0.2, -0.15) is 0 Å². The number of rotatable bonds is 7. The van der Waals surface area contributed by atoms with Gasteiger partial charge in [0, 0.05) is 0 Å². The molecule has 0 amide bonds. The molecule has 0 saturated carbocycles. The number of hydrogen-bond donors (Lipinski definition) is 1. The second-order valence-electron chi connectivity index (χ2n) is 6.45. The molecule has 0 unspecified atom stereocenters. The normalized spacial score (nSPS) is 11.4. The van der Waals surface area contributed by atoms with E-state index < -0.39 is 16.0 Å². The third-order valence-corrected chi connectivity index (χ3v) is 5.61. The topological polar surface area (TPSA) is 85.6 Å². The molecule has 6 nitrogen and oxygen atoms in total. The van der Waals surface area contributed by atoms with E-state index in [-0.39, 0.29) is 23.6 Å². The van der Waals surface area contributed by atoms with Crippen LogP contribution >= 0.6 is 0 Å². The minimum atomic E-state index is -3.80. The number of benzene rings is 2. The van der Waals surface area contributed by atoms with Gasteiger partial charge >= 0.3 is 5.97 Å². The Balaban J connectivity index is 1.73. The number of carbonyl (C=O) groups is 1. The average molecular weight is 399 g/mol. The van der Waals surface area contributed by atoms with E-state index in [1.54, 1.807) is 25.1 Å². The molecule has 3 rings (SSSR count). The first-order valence-electron chi connectivity index (χ1n) is 8.70. The highest BCUT2D eigenvalue weighted by atomic mass is 32.2. The SMILES string of the molecule is Cc1cccc(COC(=O)c2cc(S(=O)(=O)NCc3ccco3)ccc2C)c1. The average Bonchev–Trinajstić information content (AvgIpc) is 3.18. The van der Waals surface area contributed by atoms with Crippen molar-refractivity contribution in [2.24, 2.45) is 0 Å². The fourth-order valence-electron chi connectivity index (χ4n) is 2.68. The zero-order chi connectivity index (χ0) is 20.1. The molecule has 0 radical (unpaired) electrons. The van der Waals surface area contributed by atoms with Crippen molar-refractivity contribution in [2.45, 2.75) is 31.9 Å². The number of nitrogens with one attached hydrogen (secondary N) is 1. The molecule has 0 bridgehead atoms. The Hall–Kier alpha value is -2.90. The number of hydrogen-bond acceptors (Lipinski definition) is 5. The summed E-state index contributed by atoms with van der Waals surface area (Å²) in [6.07, 6.45) is 1.47. The Morgan fingerprint density at radius 2 is 1.89 bits per heavy atom. The van der Waals surface area contributed by atoms with Gasteiger partial charge in [-0.3, -0.25) is 0 Å². The number of carbonyl (C=O) groups excluding carboxylic acids is 1. The number of esters is 1. The second-order valence-corrected chi connectivity index (χ2v) is 8.21. The van der Waals surface area contributed by atoms with Gasteiger partial charge in [0.1, 0.15) is 12.4 Å². The Morgan fingerprint density at radius 1 is 1.07 bits per heavy atom. The molecule has 0 aliphatic carbocycles. The van der Waals surface area contributed by atoms with Gasteiger partial charge < -0.3 is 9.15 Å². The van der Waals surface area contributed by atoms with Crippen LogP contribution in [0.5, 0.6) is 0 Å². The molecular weight excluding hydrogens is 378 g/mol. The van der Waals surface area contributed by atoms with E-state index in [2.05, 4.69) is 4.72 Å². The quantitative estimate of drug-likeness (QED) is 0.612. The number of ether oxygens (including phenoxy) is 1. The van der Waals surface area contributed by atoms with E-state index in [0.717, 1.165) is 11.1 Å². The highest BCUT2D eigenvalue weighted by Crippen LogP contribution is 2.18. The summed E-state index contributed by atoms with van der Waals surface area (Å²) in [4.78, 5) is 12.5. The maximum Gasteiger partial charge on any atom is 0.338 e. The molecule has 2 aromatic carbocycles. The van der Waals surface area contributed by atoms with Gasteiger partial charge in [0.25, 0.3) is 0 Å². The smallest absolute Gasteiger partial charge is 0.338 e. The van der Waals surface area contributed by atoms with Gasteiger partial charge in [-0.1, -0.05) is 35.9 Å². The largest absolute Gasteiger partial charge is 0.468 e. The van der Waals surface area contributed by atoms with Crippen LogP contribution < -0.4 is 4.72 Å². The summed E-state index contributed by atoms with van der Waals surface area (Å²) in [5.41, 5.74) is 2.79. The molecule has 28 heavy (non-hydrogen) atoms. The molecular formula is C21H21NO5S. The monoisotopic (exact) mass is 399 g/mol. The minimum absolute atomic E-state index is 0.00726. The van der Waals surface area contributed by atoms with Crippen LogP contribution in [0.4, 0.5) is 0 Å². The van der Waals surface area contributed by atoms with E-state index in [1.165, 1.54) is 18.4 Å². The highest BCUT2D eigenvalue weighted by molar-refractivity contribution is 7.89. The van der Waals surface area contributed by atoms with E-state index >= 15 is 0 Å². The predicted octanol–water partition coefficient (Wildman–Crippen LogP) is 3.73. The standard InChI is InChI=1S/C21H21NO5S/c1-15-5-3-6-17(11-15)14-27-21(23)20-12-19(9-8-16(20)2)28(24,25)22-13-18-7-4-10-26-18/h3-12,22H,13-14H2,1-2H3. The highest BCUT2D eigenvalue weighted by Gasteiger charge is 2.19. The first kappa shape index (κ1) is 19.9. The fourth-order valence-corrected chi connectivity index (χ4v) is 3.70. The molecule has 0 atom stereocenters. The third-order valence-electron chi connectivity index (χ3n) is 4.21. The van der Waals surface area contributed by atoms with Crippen molar-refractivity contribution in [1.29, 1.82) is 0 Å². The van der Waals surface area contributed by atoms with E-state index in [0.29, 0.717) is 11.3 Å². The summed E-state index contributed by atoms with van der Waals surface area (Å²) in [5, 5.41) is 0. The lowest BCUT2D eigenvalue weighted by Crippen LogP contribution is -2.23. The van der Waals surface area contributed by atoms with Crippen molar-refractivity contribution in [3.05, 3.63) is 88.9 Å². The first-order chi connectivity index (χ1) is 13.3. The van der Waals surface area contributed by atoms with Crippen molar-refractivity contribution in [3.8, 4) is 0 Å². The van der Waals surface area contributed by atoms with Crippen molar-refractivity contribution in [3.63, 3.8) is 0 Å². The molecule has 146 valence electrons.